The van der Waals surface area contributed by atoms with E-state index >= 15 is 0 Å². The Morgan fingerprint density at radius 3 is 2.68 bits per heavy atom. The molecule has 2 atom stereocenters. The van der Waals surface area contributed by atoms with Gasteiger partial charge in [-0.25, -0.2) is 4.79 Å². The van der Waals surface area contributed by atoms with Crippen molar-refractivity contribution in [2.75, 3.05) is 31.6 Å². The Morgan fingerprint density at radius 1 is 1.36 bits per heavy atom. The fourth-order valence-corrected chi connectivity index (χ4v) is 4.45. The average molecular weight is 367 g/mol. The third-order valence-electron chi connectivity index (χ3n) is 4.47. The zero-order valence-electron chi connectivity index (χ0n) is 15.4. The molecule has 25 heavy (non-hydrogen) atoms. The Bertz CT molecular complexity index is 668. The Labute approximate surface area is 152 Å². The normalized spacial score (nSPS) is 20.2. The molecule has 1 saturated heterocycles. The molecule has 2 N–H and O–H groups in total. The summed E-state index contributed by atoms with van der Waals surface area (Å²) in [4.78, 5) is 38.2. The number of ether oxygens (including phenoxy) is 1. The summed E-state index contributed by atoms with van der Waals surface area (Å²) in [5, 5.41) is 3.25. The number of amides is 1. The molecule has 1 aromatic heterocycles. The van der Waals surface area contributed by atoms with Gasteiger partial charge in [0.15, 0.2) is 12.3 Å². The maximum atomic E-state index is 12.4. The standard InChI is InChI=1S/C18H26N2O4S/c1-5-24-18(23)15-12(3)16(13(4)21)25-17(15)19-14(22)10-20-8-6-7-11(2)9-20/h11H,5-10H2,1-4H3,(H,19,22)/p+1/t11-/m0/s1. The van der Waals surface area contributed by atoms with Crippen molar-refractivity contribution in [3.8, 4) is 0 Å². The van der Waals surface area contributed by atoms with Gasteiger partial charge < -0.3 is 15.0 Å². The van der Waals surface area contributed by atoms with Crippen LogP contribution in [0, 0.1) is 12.8 Å². The van der Waals surface area contributed by atoms with Crippen LogP contribution in [0.1, 0.15) is 59.2 Å². The largest absolute Gasteiger partial charge is 0.462 e. The van der Waals surface area contributed by atoms with Crippen molar-refractivity contribution in [3.63, 3.8) is 0 Å². The molecule has 0 aromatic carbocycles. The van der Waals surface area contributed by atoms with Crippen LogP contribution in [0.3, 0.4) is 0 Å². The van der Waals surface area contributed by atoms with Gasteiger partial charge in [0, 0.05) is 5.92 Å². The van der Waals surface area contributed by atoms with Crippen LogP contribution in [-0.2, 0) is 9.53 Å². The molecule has 7 heteroatoms. The van der Waals surface area contributed by atoms with Crippen molar-refractivity contribution in [2.45, 2.75) is 40.5 Å². The highest BCUT2D eigenvalue weighted by Gasteiger charge is 2.27. The summed E-state index contributed by atoms with van der Waals surface area (Å²) in [5.74, 6) is -0.132. The first-order valence-electron chi connectivity index (χ1n) is 8.78. The Morgan fingerprint density at radius 2 is 2.08 bits per heavy atom. The van der Waals surface area contributed by atoms with E-state index in [9.17, 15) is 14.4 Å². The molecule has 0 spiro atoms. The van der Waals surface area contributed by atoms with Crippen molar-refractivity contribution in [1.29, 1.82) is 0 Å². The molecule has 2 rings (SSSR count). The second-order valence-electron chi connectivity index (χ2n) is 6.71. The molecule has 0 saturated carbocycles. The Hall–Kier alpha value is -1.73. The number of hydrogen-bond acceptors (Lipinski definition) is 5. The van der Waals surface area contributed by atoms with E-state index in [-0.39, 0.29) is 18.3 Å². The van der Waals surface area contributed by atoms with Gasteiger partial charge >= 0.3 is 5.97 Å². The zero-order chi connectivity index (χ0) is 18.6. The molecule has 6 nitrogen and oxygen atoms in total. The Kier molecular flexibility index (Phi) is 6.72. The van der Waals surface area contributed by atoms with Crippen molar-refractivity contribution in [1.82, 2.24) is 0 Å². The van der Waals surface area contributed by atoms with Crippen LogP contribution < -0.4 is 10.2 Å². The maximum Gasteiger partial charge on any atom is 0.341 e. The second kappa shape index (κ2) is 8.58. The highest BCUT2D eigenvalue weighted by atomic mass is 32.1. The van der Waals surface area contributed by atoms with E-state index in [0.29, 0.717) is 33.5 Å². The quantitative estimate of drug-likeness (QED) is 0.593. The minimum absolute atomic E-state index is 0.121. The number of rotatable bonds is 6. The average Bonchev–Trinajstić information content (AvgIpc) is 2.84. The van der Waals surface area contributed by atoms with Crippen LogP contribution in [-0.4, -0.2) is 43.9 Å². The SMILES string of the molecule is CCOC(=O)c1c(NC(=O)C[NH+]2CCC[C@H](C)C2)sc(C(C)=O)c1C. The predicted molar refractivity (Wildman–Crippen MR) is 97.6 cm³/mol. The van der Waals surface area contributed by atoms with Crippen LogP contribution in [0.4, 0.5) is 5.00 Å². The number of thiophene rings is 1. The first-order valence-corrected chi connectivity index (χ1v) is 9.60. The van der Waals surface area contributed by atoms with Gasteiger partial charge in [0.25, 0.3) is 5.91 Å². The number of hydrogen-bond donors (Lipinski definition) is 2. The molecule has 1 fully saturated rings. The summed E-state index contributed by atoms with van der Waals surface area (Å²) in [6, 6.07) is 0. The maximum absolute atomic E-state index is 12.4. The molecule has 1 aliphatic rings. The lowest BCUT2D eigenvalue weighted by molar-refractivity contribution is -0.900. The molecule has 1 amide bonds. The fraction of sp³-hybridized carbons (Fsp3) is 0.611. The van der Waals surface area contributed by atoms with Crippen molar-refractivity contribution in [3.05, 3.63) is 16.0 Å². The summed E-state index contributed by atoms with van der Waals surface area (Å²) in [7, 11) is 0. The number of ketones is 1. The van der Waals surface area contributed by atoms with Gasteiger partial charge in [0.1, 0.15) is 5.00 Å². The molecule has 1 unspecified atom stereocenters. The van der Waals surface area contributed by atoms with Gasteiger partial charge in [-0.05, 0) is 39.2 Å². The summed E-state index contributed by atoms with van der Waals surface area (Å²) in [6.07, 6.45) is 2.34. The number of carbonyl (C=O) groups excluding carboxylic acids is 3. The number of anilines is 1. The monoisotopic (exact) mass is 367 g/mol. The van der Waals surface area contributed by atoms with Gasteiger partial charge in [0.05, 0.1) is 30.1 Å². The van der Waals surface area contributed by atoms with Gasteiger partial charge in [-0.2, -0.15) is 0 Å². The second-order valence-corrected chi connectivity index (χ2v) is 7.73. The lowest BCUT2D eigenvalue weighted by Crippen LogP contribution is -3.14. The molecule has 1 aliphatic heterocycles. The summed E-state index contributed by atoms with van der Waals surface area (Å²) >= 11 is 1.15. The van der Waals surface area contributed by atoms with Crippen LogP contribution in [0.15, 0.2) is 0 Å². The van der Waals surface area contributed by atoms with Gasteiger partial charge in [-0.3, -0.25) is 9.59 Å². The van der Waals surface area contributed by atoms with Crippen molar-refractivity contribution >= 4 is 34.0 Å². The van der Waals surface area contributed by atoms with Crippen molar-refractivity contribution < 1.29 is 24.0 Å². The number of carbonyl (C=O) groups is 3. The van der Waals surface area contributed by atoms with Gasteiger partial charge in [0.2, 0.25) is 0 Å². The third-order valence-corrected chi connectivity index (χ3v) is 5.78. The molecular weight excluding hydrogens is 340 g/mol. The molecular formula is C18H27N2O4S+. The number of piperidine rings is 1. The highest BCUT2D eigenvalue weighted by Crippen LogP contribution is 2.34. The lowest BCUT2D eigenvalue weighted by Gasteiger charge is -2.27. The summed E-state index contributed by atoms with van der Waals surface area (Å²) in [6.45, 7) is 9.70. The first-order chi connectivity index (χ1) is 11.8. The third kappa shape index (κ3) is 4.89. The fourth-order valence-electron chi connectivity index (χ4n) is 3.34. The molecule has 138 valence electrons. The number of esters is 1. The van der Waals surface area contributed by atoms with E-state index in [0.717, 1.165) is 30.8 Å². The van der Waals surface area contributed by atoms with E-state index in [4.69, 9.17) is 4.74 Å². The van der Waals surface area contributed by atoms with E-state index < -0.39 is 5.97 Å². The number of nitrogens with one attached hydrogen (secondary N) is 2. The van der Waals surface area contributed by atoms with E-state index in [1.165, 1.54) is 18.2 Å². The predicted octanol–water partition coefficient (Wildman–Crippen LogP) is 1.69. The smallest absolute Gasteiger partial charge is 0.341 e. The molecule has 0 aliphatic carbocycles. The lowest BCUT2D eigenvalue weighted by atomic mass is 10.0. The zero-order valence-corrected chi connectivity index (χ0v) is 16.2. The van der Waals surface area contributed by atoms with E-state index in [2.05, 4.69) is 12.2 Å². The first kappa shape index (κ1) is 19.6. The number of likely N-dealkylation sites (tertiary alicyclic amines) is 1. The molecule has 1 aromatic rings. The van der Waals surface area contributed by atoms with Crippen LogP contribution >= 0.6 is 11.3 Å². The minimum Gasteiger partial charge on any atom is -0.462 e. The van der Waals surface area contributed by atoms with Crippen LogP contribution in [0.25, 0.3) is 0 Å². The highest BCUT2D eigenvalue weighted by molar-refractivity contribution is 7.18. The summed E-state index contributed by atoms with van der Waals surface area (Å²) in [5.41, 5.74) is 0.873. The van der Waals surface area contributed by atoms with Crippen LogP contribution in [0.2, 0.25) is 0 Å². The van der Waals surface area contributed by atoms with Crippen LogP contribution in [0.5, 0.6) is 0 Å². The van der Waals surface area contributed by atoms with E-state index in [1.807, 2.05) is 0 Å². The Balaban J connectivity index is 2.16. The molecule has 0 radical (unpaired) electrons. The molecule has 2 heterocycles. The minimum atomic E-state index is -0.502. The topological polar surface area (TPSA) is 76.9 Å². The van der Waals surface area contributed by atoms with Crippen molar-refractivity contribution in [2.24, 2.45) is 5.92 Å². The van der Waals surface area contributed by atoms with Gasteiger partial charge in [-0.15, -0.1) is 11.3 Å². The van der Waals surface area contributed by atoms with E-state index in [1.54, 1.807) is 13.8 Å². The number of Topliss-reactive ketones (excluding diaryl/α,β-unsaturated/α-hetero) is 1. The molecule has 0 bridgehead atoms. The summed E-state index contributed by atoms with van der Waals surface area (Å²) < 4.78 is 5.09. The van der Waals surface area contributed by atoms with Gasteiger partial charge in [-0.1, -0.05) is 6.92 Å². The number of quaternary nitrogens is 1.